The number of ether oxygens (including phenoxy) is 1. The van der Waals surface area contributed by atoms with Gasteiger partial charge in [-0.15, -0.1) is 13.2 Å². The number of rotatable bonds is 1. The molecule has 1 unspecified atom stereocenters. The van der Waals surface area contributed by atoms with Gasteiger partial charge in [0.05, 0.1) is 0 Å². The van der Waals surface area contributed by atoms with Crippen LogP contribution in [0.15, 0.2) is 0 Å². The molecule has 3 nitrogen and oxygen atoms in total. The fraction of sp³-hybridized carbons (Fsp3) is 1.00. The van der Waals surface area contributed by atoms with Crippen molar-refractivity contribution in [2.24, 2.45) is 0 Å². The Balaban J connectivity index is 2.37. The molecule has 0 aromatic heterocycles. The summed E-state index contributed by atoms with van der Waals surface area (Å²) in [5, 5.41) is 1.19. The number of hydrogen-bond acceptors (Lipinski definition) is 2. The van der Waals surface area contributed by atoms with Crippen LogP contribution in [0.2, 0.25) is 0 Å². The predicted octanol–water partition coefficient (Wildman–Crippen LogP) is 0.704. The third kappa shape index (κ3) is 2.64. The quantitative estimate of drug-likeness (QED) is 0.577. The van der Waals surface area contributed by atoms with Gasteiger partial charge in [0, 0.05) is 20.0 Å². The number of halogens is 3. The second-order valence-corrected chi connectivity index (χ2v) is 2.25. The van der Waals surface area contributed by atoms with Gasteiger partial charge in [0.1, 0.15) is 6.23 Å². The summed E-state index contributed by atoms with van der Waals surface area (Å²) in [6, 6.07) is 0. The van der Waals surface area contributed by atoms with Gasteiger partial charge in [-0.05, 0) is 0 Å². The molecule has 1 radical (unpaired) electrons. The molecule has 0 N–H and O–H groups in total. The zero-order valence-electron chi connectivity index (χ0n) is 5.93. The molecule has 0 amide bonds. The largest absolute Gasteiger partial charge is 0.524 e. The van der Waals surface area contributed by atoms with Crippen LogP contribution >= 0.6 is 0 Å². The zero-order valence-corrected chi connectivity index (χ0v) is 5.93. The number of alkyl halides is 3. The summed E-state index contributed by atoms with van der Waals surface area (Å²) in [4.78, 5) is 0. The summed E-state index contributed by atoms with van der Waals surface area (Å²) < 4.78 is 38.5. The Morgan fingerprint density at radius 1 is 1.55 bits per heavy atom. The van der Waals surface area contributed by atoms with Gasteiger partial charge in [-0.25, -0.2) is 5.01 Å². The monoisotopic (exact) mass is 169 g/mol. The fourth-order valence-corrected chi connectivity index (χ4v) is 0.893. The minimum absolute atomic E-state index is 0.302. The summed E-state index contributed by atoms with van der Waals surface area (Å²) in [6.45, 7) is 0.400. The Labute approximate surface area is 62.1 Å². The summed E-state index contributed by atoms with van der Waals surface area (Å²) in [5.41, 5.74) is 3.71. The summed E-state index contributed by atoms with van der Waals surface area (Å²) >= 11 is 0. The molecule has 0 aromatic rings. The van der Waals surface area contributed by atoms with Crippen molar-refractivity contribution in [1.82, 2.24) is 10.4 Å². The molecular weight excluding hydrogens is 161 g/mol. The lowest BCUT2D eigenvalue weighted by molar-refractivity contribution is -0.357. The molecule has 0 bridgehead atoms. The lowest BCUT2D eigenvalue weighted by Crippen LogP contribution is -2.35. The molecule has 65 valence electrons. The van der Waals surface area contributed by atoms with Crippen LogP contribution in [0.5, 0.6) is 0 Å². The van der Waals surface area contributed by atoms with Crippen molar-refractivity contribution in [2.75, 3.05) is 13.6 Å². The van der Waals surface area contributed by atoms with E-state index in [0.717, 1.165) is 0 Å². The third-order valence-electron chi connectivity index (χ3n) is 1.39. The Kier molecular flexibility index (Phi) is 2.36. The lowest BCUT2D eigenvalue weighted by atomic mass is 10.4. The van der Waals surface area contributed by atoms with Crippen LogP contribution in [0.4, 0.5) is 13.2 Å². The van der Waals surface area contributed by atoms with Crippen LogP contribution in [0.1, 0.15) is 6.42 Å². The van der Waals surface area contributed by atoms with E-state index in [9.17, 15) is 13.2 Å². The van der Waals surface area contributed by atoms with Gasteiger partial charge in [-0.1, -0.05) is 0 Å². The molecule has 0 aromatic carbocycles. The highest BCUT2D eigenvalue weighted by Crippen LogP contribution is 2.22. The smallest absolute Gasteiger partial charge is 0.272 e. The Hall–Kier alpha value is -0.330. The molecule has 1 atom stereocenters. The molecule has 1 aliphatic heterocycles. The molecule has 1 rings (SSSR count). The lowest BCUT2D eigenvalue weighted by Gasteiger charge is -2.19. The third-order valence-corrected chi connectivity index (χ3v) is 1.39. The second kappa shape index (κ2) is 2.96. The predicted molar refractivity (Wildman–Crippen MR) is 30.3 cm³/mol. The van der Waals surface area contributed by atoms with E-state index in [1.807, 2.05) is 0 Å². The average molecular weight is 169 g/mol. The summed E-state index contributed by atoms with van der Waals surface area (Å²) in [5.74, 6) is 0. The highest BCUT2D eigenvalue weighted by Gasteiger charge is 2.37. The van der Waals surface area contributed by atoms with Crippen molar-refractivity contribution in [3.05, 3.63) is 0 Å². The summed E-state index contributed by atoms with van der Waals surface area (Å²) in [7, 11) is 1.46. The summed E-state index contributed by atoms with van der Waals surface area (Å²) in [6.07, 6.45) is -5.19. The van der Waals surface area contributed by atoms with Crippen molar-refractivity contribution in [2.45, 2.75) is 19.0 Å². The van der Waals surface area contributed by atoms with Gasteiger partial charge >= 0.3 is 6.36 Å². The standard InChI is InChI=1S/C5H8F3N2O/c1-10-4(2-3-9-10)11-5(6,7)8/h4H,2-3H2,1H3. The van der Waals surface area contributed by atoms with Crippen LogP contribution < -0.4 is 5.43 Å². The Morgan fingerprint density at radius 2 is 2.18 bits per heavy atom. The molecule has 1 aliphatic rings. The first-order valence-corrected chi connectivity index (χ1v) is 3.14. The minimum atomic E-state index is -4.56. The van der Waals surface area contributed by atoms with Crippen molar-refractivity contribution < 1.29 is 17.9 Å². The molecular formula is C5H8F3N2O. The minimum Gasteiger partial charge on any atom is -0.272 e. The molecule has 0 aliphatic carbocycles. The molecule has 6 heteroatoms. The van der Waals surface area contributed by atoms with Gasteiger partial charge in [0.25, 0.3) is 0 Å². The van der Waals surface area contributed by atoms with Crippen molar-refractivity contribution >= 4 is 0 Å². The van der Waals surface area contributed by atoms with Crippen molar-refractivity contribution in [1.29, 1.82) is 0 Å². The molecule has 1 heterocycles. The molecule has 0 saturated carbocycles. The molecule has 11 heavy (non-hydrogen) atoms. The molecule has 1 saturated heterocycles. The van der Waals surface area contributed by atoms with E-state index in [1.54, 1.807) is 0 Å². The van der Waals surface area contributed by atoms with Crippen LogP contribution in [-0.2, 0) is 4.74 Å². The van der Waals surface area contributed by atoms with Gasteiger partial charge in [-0.2, -0.15) is 5.43 Å². The van der Waals surface area contributed by atoms with Crippen LogP contribution in [0.25, 0.3) is 0 Å². The van der Waals surface area contributed by atoms with Gasteiger partial charge in [0.15, 0.2) is 0 Å². The maximum Gasteiger partial charge on any atom is 0.524 e. The normalized spacial score (nSPS) is 27.8. The number of hydrogen-bond donors (Lipinski definition) is 0. The molecule has 1 fully saturated rings. The highest BCUT2D eigenvalue weighted by molar-refractivity contribution is 4.64. The van der Waals surface area contributed by atoms with Crippen molar-refractivity contribution in [3.63, 3.8) is 0 Å². The second-order valence-electron chi connectivity index (χ2n) is 2.25. The van der Waals surface area contributed by atoms with Crippen LogP contribution in [-0.4, -0.2) is 31.2 Å². The van der Waals surface area contributed by atoms with E-state index in [4.69, 9.17) is 0 Å². The van der Waals surface area contributed by atoms with E-state index in [-0.39, 0.29) is 0 Å². The maximum atomic E-state index is 11.6. The fourth-order valence-electron chi connectivity index (χ4n) is 0.893. The average Bonchev–Trinajstić information content (AvgIpc) is 2.12. The van der Waals surface area contributed by atoms with Crippen LogP contribution in [0, 0.1) is 0 Å². The van der Waals surface area contributed by atoms with E-state index in [0.29, 0.717) is 13.0 Å². The van der Waals surface area contributed by atoms with Gasteiger partial charge in [-0.3, -0.25) is 4.74 Å². The zero-order chi connectivity index (χ0) is 8.48. The molecule has 0 spiro atoms. The van der Waals surface area contributed by atoms with E-state index in [2.05, 4.69) is 10.2 Å². The Bertz CT molecular complexity index is 138. The maximum absolute atomic E-state index is 11.6. The van der Waals surface area contributed by atoms with Gasteiger partial charge < -0.3 is 0 Å². The first kappa shape index (κ1) is 8.76. The SMILES string of the molecule is CN1[N]CCC1OC(F)(F)F. The van der Waals surface area contributed by atoms with E-state index in [1.165, 1.54) is 12.1 Å². The Morgan fingerprint density at radius 3 is 2.55 bits per heavy atom. The number of nitrogens with zero attached hydrogens (tertiary/aromatic N) is 2. The highest BCUT2D eigenvalue weighted by atomic mass is 19.4. The van der Waals surface area contributed by atoms with E-state index < -0.39 is 12.6 Å². The first-order valence-electron chi connectivity index (χ1n) is 3.14. The van der Waals surface area contributed by atoms with Gasteiger partial charge in [0.2, 0.25) is 0 Å². The topological polar surface area (TPSA) is 26.6 Å². The van der Waals surface area contributed by atoms with Crippen LogP contribution in [0.3, 0.4) is 0 Å². The van der Waals surface area contributed by atoms with Crippen molar-refractivity contribution in [3.8, 4) is 0 Å². The first-order chi connectivity index (χ1) is 4.99. The van der Waals surface area contributed by atoms with E-state index >= 15 is 0 Å².